The Kier molecular flexibility index (Phi) is 4.44. The molecule has 7 nitrogen and oxygen atoms in total. The van der Waals surface area contributed by atoms with Crippen molar-refractivity contribution in [1.29, 1.82) is 0 Å². The van der Waals surface area contributed by atoms with Gasteiger partial charge in [0.05, 0.1) is 12.4 Å². The van der Waals surface area contributed by atoms with E-state index in [2.05, 4.69) is 15.0 Å². The van der Waals surface area contributed by atoms with Crippen LogP contribution in [-0.2, 0) is 14.3 Å². The Morgan fingerprint density at radius 2 is 2.17 bits per heavy atom. The summed E-state index contributed by atoms with van der Waals surface area (Å²) >= 11 is 11.9. The van der Waals surface area contributed by atoms with E-state index in [1.165, 1.54) is 6.92 Å². The van der Waals surface area contributed by atoms with Crippen molar-refractivity contribution >= 4 is 40.3 Å². The van der Waals surface area contributed by atoms with Crippen LogP contribution < -0.4 is 0 Å². The number of hydrogen-bond acceptors (Lipinski definition) is 6. The molecule has 4 atom stereocenters. The number of nitrogens with zero attached hydrogens (tertiary/aromatic N) is 4. The highest BCUT2D eigenvalue weighted by Gasteiger charge is 2.45. The van der Waals surface area contributed by atoms with E-state index in [1.807, 2.05) is 13.8 Å². The maximum absolute atomic E-state index is 11.5. The monoisotopic (exact) mass is 358 g/mol. The molecule has 0 spiro atoms. The predicted molar refractivity (Wildman–Crippen MR) is 84.3 cm³/mol. The Bertz CT molecular complexity index is 751. The van der Waals surface area contributed by atoms with Crippen LogP contribution in [0.4, 0.5) is 0 Å². The van der Waals surface area contributed by atoms with Crippen LogP contribution in [0, 0.1) is 5.92 Å². The lowest BCUT2D eigenvalue weighted by atomic mass is 9.98. The maximum atomic E-state index is 11.5. The molecule has 2 aromatic rings. The number of imidazole rings is 1. The molecule has 1 fully saturated rings. The highest BCUT2D eigenvalue weighted by molar-refractivity contribution is 6.35. The zero-order valence-electron chi connectivity index (χ0n) is 12.9. The lowest BCUT2D eigenvalue weighted by molar-refractivity contribution is -0.153. The van der Waals surface area contributed by atoms with Crippen LogP contribution in [-0.4, -0.2) is 37.7 Å². The molecule has 1 saturated heterocycles. The van der Waals surface area contributed by atoms with E-state index in [-0.39, 0.29) is 28.4 Å². The number of ether oxygens (including phenoxy) is 2. The Hall–Kier alpha value is -1.44. The highest BCUT2D eigenvalue weighted by Crippen LogP contribution is 2.39. The van der Waals surface area contributed by atoms with E-state index < -0.39 is 12.3 Å². The van der Waals surface area contributed by atoms with Crippen LogP contribution in [0.25, 0.3) is 11.2 Å². The Morgan fingerprint density at radius 1 is 1.43 bits per heavy atom. The number of esters is 1. The SMILES string of the molecule is CC[C@H]1O[C@@H](n2cnc3c(Cl)nc(Cl)nc32)[C@H](OC(C)=O)[C@@H]1C. The predicted octanol–water partition coefficient (Wildman–Crippen LogP) is 3.01. The van der Waals surface area contributed by atoms with Crippen molar-refractivity contribution in [3.8, 4) is 0 Å². The smallest absolute Gasteiger partial charge is 0.303 e. The van der Waals surface area contributed by atoms with E-state index in [4.69, 9.17) is 32.7 Å². The lowest BCUT2D eigenvalue weighted by Crippen LogP contribution is -2.29. The Labute approximate surface area is 142 Å². The zero-order valence-corrected chi connectivity index (χ0v) is 14.4. The lowest BCUT2D eigenvalue weighted by Gasteiger charge is -2.21. The van der Waals surface area contributed by atoms with Crippen LogP contribution in [0.1, 0.15) is 33.4 Å². The fourth-order valence-electron chi connectivity index (χ4n) is 2.94. The standard InChI is InChI=1S/C14H16Cl2N4O3/c1-4-8-6(2)10(22-7(3)21)13(23-8)20-5-17-9-11(15)18-14(16)19-12(9)20/h5-6,8,10,13H,4H2,1-3H3/t6-,8-,10-,13-/m1/s1. The third kappa shape index (κ3) is 2.88. The largest absolute Gasteiger partial charge is 0.457 e. The molecule has 124 valence electrons. The number of carbonyl (C=O) groups is 1. The molecular weight excluding hydrogens is 343 g/mol. The first kappa shape index (κ1) is 16.4. The van der Waals surface area contributed by atoms with E-state index in [1.54, 1.807) is 10.9 Å². The van der Waals surface area contributed by atoms with E-state index in [0.717, 1.165) is 6.42 Å². The second-order valence-electron chi connectivity index (χ2n) is 5.51. The molecule has 0 N–H and O–H groups in total. The number of hydrogen-bond donors (Lipinski definition) is 0. The Morgan fingerprint density at radius 3 is 2.83 bits per heavy atom. The molecule has 3 heterocycles. The summed E-state index contributed by atoms with van der Waals surface area (Å²) in [6, 6.07) is 0. The second kappa shape index (κ2) is 6.22. The molecule has 1 aliphatic heterocycles. The molecule has 9 heteroatoms. The van der Waals surface area contributed by atoms with E-state index in [0.29, 0.717) is 11.2 Å². The number of carbonyl (C=O) groups excluding carboxylic acids is 1. The van der Waals surface area contributed by atoms with Crippen LogP contribution >= 0.6 is 23.2 Å². The van der Waals surface area contributed by atoms with Crippen molar-refractivity contribution in [1.82, 2.24) is 19.5 Å². The molecule has 0 radical (unpaired) electrons. The first-order valence-corrected chi connectivity index (χ1v) is 8.06. The number of halogens is 2. The molecule has 0 aliphatic carbocycles. The molecule has 0 unspecified atom stereocenters. The van der Waals surface area contributed by atoms with Crippen LogP contribution in [0.15, 0.2) is 6.33 Å². The third-order valence-electron chi connectivity index (χ3n) is 4.03. The van der Waals surface area contributed by atoms with Gasteiger partial charge in [0.1, 0.15) is 5.52 Å². The topological polar surface area (TPSA) is 79.1 Å². The zero-order chi connectivity index (χ0) is 16.7. The van der Waals surface area contributed by atoms with Crippen molar-refractivity contribution in [3.63, 3.8) is 0 Å². The van der Waals surface area contributed by atoms with Crippen molar-refractivity contribution in [2.45, 2.75) is 45.6 Å². The number of rotatable bonds is 3. The van der Waals surface area contributed by atoms with E-state index >= 15 is 0 Å². The van der Waals surface area contributed by atoms with Crippen molar-refractivity contribution < 1.29 is 14.3 Å². The molecule has 0 bridgehead atoms. The normalized spacial score (nSPS) is 27.5. The summed E-state index contributed by atoms with van der Waals surface area (Å²) < 4.78 is 13.2. The van der Waals surface area contributed by atoms with Crippen LogP contribution in [0.2, 0.25) is 10.4 Å². The molecule has 2 aromatic heterocycles. The van der Waals surface area contributed by atoms with Gasteiger partial charge in [-0.2, -0.15) is 4.98 Å². The van der Waals surface area contributed by atoms with Crippen molar-refractivity contribution in [2.24, 2.45) is 5.92 Å². The minimum absolute atomic E-state index is 0.0198. The summed E-state index contributed by atoms with van der Waals surface area (Å²) in [7, 11) is 0. The van der Waals surface area contributed by atoms with Gasteiger partial charge in [0.2, 0.25) is 5.28 Å². The molecule has 3 rings (SSSR count). The van der Waals surface area contributed by atoms with E-state index in [9.17, 15) is 4.79 Å². The molecule has 1 aliphatic rings. The van der Waals surface area contributed by atoms with Crippen molar-refractivity contribution in [2.75, 3.05) is 0 Å². The molecule has 23 heavy (non-hydrogen) atoms. The summed E-state index contributed by atoms with van der Waals surface area (Å²) in [4.78, 5) is 23.7. The number of fused-ring (bicyclic) bond motifs is 1. The summed E-state index contributed by atoms with van der Waals surface area (Å²) in [6.45, 7) is 5.40. The van der Waals surface area contributed by atoms with Gasteiger partial charge in [-0.05, 0) is 18.0 Å². The summed E-state index contributed by atoms with van der Waals surface area (Å²) in [6.07, 6.45) is 1.34. The minimum atomic E-state index is -0.536. The van der Waals surface area contributed by atoms with Gasteiger partial charge in [-0.3, -0.25) is 9.36 Å². The molecule has 0 aromatic carbocycles. The molecular formula is C14H16Cl2N4O3. The minimum Gasteiger partial charge on any atom is -0.457 e. The van der Waals surface area contributed by atoms with Gasteiger partial charge in [-0.15, -0.1) is 0 Å². The third-order valence-corrected chi connectivity index (χ3v) is 4.46. The van der Waals surface area contributed by atoms with Gasteiger partial charge < -0.3 is 9.47 Å². The summed E-state index contributed by atoms with van der Waals surface area (Å²) in [5, 5.41) is 0.187. The quantitative estimate of drug-likeness (QED) is 0.476. The van der Waals surface area contributed by atoms with Gasteiger partial charge >= 0.3 is 5.97 Å². The maximum Gasteiger partial charge on any atom is 0.303 e. The number of aromatic nitrogens is 4. The highest BCUT2D eigenvalue weighted by atomic mass is 35.5. The van der Waals surface area contributed by atoms with Gasteiger partial charge in [0.25, 0.3) is 0 Å². The summed E-state index contributed by atoms with van der Waals surface area (Å²) in [5.41, 5.74) is 0.870. The average Bonchev–Trinajstić information content (AvgIpc) is 3.01. The Balaban J connectivity index is 2.06. The molecule has 0 saturated carbocycles. The fraction of sp³-hybridized carbons (Fsp3) is 0.571. The summed E-state index contributed by atoms with van der Waals surface area (Å²) in [5.74, 6) is -0.318. The second-order valence-corrected chi connectivity index (χ2v) is 6.21. The first-order valence-electron chi connectivity index (χ1n) is 7.30. The van der Waals surface area contributed by atoms with Gasteiger partial charge in [0, 0.05) is 12.8 Å². The van der Waals surface area contributed by atoms with Crippen LogP contribution in [0.3, 0.4) is 0 Å². The molecule has 0 amide bonds. The fourth-order valence-corrected chi connectivity index (χ4v) is 3.37. The van der Waals surface area contributed by atoms with Gasteiger partial charge in [-0.1, -0.05) is 25.4 Å². The van der Waals surface area contributed by atoms with Crippen molar-refractivity contribution in [3.05, 3.63) is 16.8 Å². The van der Waals surface area contributed by atoms with Gasteiger partial charge in [0.15, 0.2) is 23.1 Å². The average molecular weight is 359 g/mol. The first-order chi connectivity index (χ1) is 10.9. The van der Waals surface area contributed by atoms with Gasteiger partial charge in [-0.25, -0.2) is 9.97 Å². The van der Waals surface area contributed by atoms with Crippen LogP contribution in [0.5, 0.6) is 0 Å².